The molecule has 1 unspecified atom stereocenters. The van der Waals surface area contributed by atoms with Crippen molar-refractivity contribution in [1.29, 1.82) is 0 Å². The second kappa shape index (κ2) is 5.93. The Bertz CT molecular complexity index is 533. The van der Waals surface area contributed by atoms with Gasteiger partial charge in [0.25, 0.3) is 0 Å². The van der Waals surface area contributed by atoms with E-state index in [4.69, 9.17) is 9.15 Å². The van der Waals surface area contributed by atoms with Crippen LogP contribution in [0.15, 0.2) is 40.8 Å². The average Bonchev–Trinajstić information content (AvgIpc) is 2.85. The van der Waals surface area contributed by atoms with Gasteiger partial charge in [0.15, 0.2) is 0 Å². The van der Waals surface area contributed by atoms with Crippen LogP contribution in [-0.4, -0.2) is 7.11 Å². The minimum atomic E-state index is 0.176. The molecule has 3 nitrogen and oxygen atoms in total. The average molecular weight is 259 g/mol. The molecule has 1 N–H and O–H groups in total. The Morgan fingerprint density at radius 1 is 1.11 bits per heavy atom. The summed E-state index contributed by atoms with van der Waals surface area (Å²) in [5.74, 6) is 2.79. The largest absolute Gasteiger partial charge is 0.497 e. The Kier molecular flexibility index (Phi) is 4.27. The second-order valence-electron chi connectivity index (χ2n) is 4.84. The summed E-state index contributed by atoms with van der Waals surface area (Å²) in [7, 11) is 1.69. The van der Waals surface area contributed by atoms with Crippen molar-refractivity contribution < 1.29 is 9.15 Å². The highest BCUT2D eigenvalue weighted by atomic mass is 16.5. The molecule has 0 aliphatic rings. The normalized spacial score (nSPS) is 14.1. The Morgan fingerprint density at radius 3 is 2.53 bits per heavy atom. The van der Waals surface area contributed by atoms with Gasteiger partial charge >= 0.3 is 0 Å². The number of methoxy groups -OCH3 is 1. The number of benzene rings is 1. The molecule has 0 fully saturated rings. The summed E-state index contributed by atoms with van der Waals surface area (Å²) in [6, 6.07) is 12.5. The van der Waals surface area contributed by atoms with Gasteiger partial charge in [0.2, 0.25) is 0 Å². The minimum absolute atomic E-state index is 0.176. The summed E-state index contributed by atoms with van der Waals surface area (Å²) in [6.45, 7) is 6.21. The monoisotopic (exact) mass is 259 g/mol. The summed E-state index contributed by atoms with van der Waals surface area (Å²) in [5.41, 5.74) is 1.20. The predicted octanol–water partition coefficient (Wildman–Crippen LogP) is 4.01. The number of aryl methyl sites for hydroxylation is 1. The van der Waals surface area contributed by atoms with Crippen molar-refractivity contribution in [3.8, 4) is 5.75 Å². The number of ether oxygens (including phenoxy) is 1. The van der Waals surface area contributed by atoms with Gasteiger partial charge < -0.3 is 14.5 Å². The Balaban J connectivity index is 2.05. The van der Waals surface area contributed by atoms with Gasteiger partial charge in [0.1, 0.15) is 17.3 Å². The molecule has 19 heavy (non-hydrogen) atoms. The van der Waals surface area contributed by atoms with Gasteiger partial charge in [-0.2, -0.15) is 0 Å². The number of hydrogen-bond donors (Lipinski definition) is 1. The summed E-state index contributed by atoms with van der Waals surface area (Å²) in [4.78, 5) is 0. The van der Waals surface area contributed by atoms with Crippen LogP contribution in [0, 0.1) is 6.92 Å². The molecule has 0 saturated carbocycles. The molecule has 2 rings (SSSR count). The van der Waals surface area contributed by atoms with Gasteiger partial charge in [-0.05, 0) is 50.6 Å². The van der Waals surface area contributed by atoms with Crippen LogP contribution in [0.4, 0.5) is 0 Å². The van der Waals surface area contributed by atoms with E-state index in [0.29, 0.717) is 0 Å². The second-order valence-corrected chi connectivity index (χ2v) is 4.84. The molecule has 0 amide bonds. The van der Waals surface area contributed by atoms with E-state index < -0.39 is 0 Å². The number of hydrogen-bond acceptors (Lipinski definition) is 3. The number of furan rings is 1. The predicted molar refractivity (Wildman–Crippen MR) is 76.4 cm³/mol. The van der Waals surface area contributed by atoms with Gasteiger partial charge in [-0.25, -0.2) is 0 Å². The molecule has 0 aliphatic carbocycles. The summed E-state index contributed by atoms with van der Waals surface area (Å²) in [6.07, 6.45) is 0. The lowest BCUT2D eigenvalue weighted by molar-refractivity contribution is 0.390. The Morgan fingerprint density at radius 2 is 1.89 bits per heavy atom. The van der Waals surface area contributed by atoms with E-state index in [1.165, 1.54) is 5.56 Å². The fourth-order valence-corrected chi connectivity index (χ4v) is 2.15. The van der Waals surface area contributed by atoms with Crippen molar-refractivity contribution in [2.45, 2.75) is 32.9 Å². The quantitative estimate of drug-likeness (QED) is 0.881. The van der Waals surface area contributed by atoms with E-state index in [9.17, 15) is 0 Å². The highest BCUT2D eigenvalue weighted by molar-refractivity contribution is 5.30. The molecular weight excluding hydrogens is 238 g/mol. The molecule has 102 valence electrons. The fourth-order valence-electron chi connectivity index (χ4n) is 2.15. The van der Waals surface area contributed by atoms with Gasteiger partial charge in [0, 0.05) is 6.04 Å². The molecule has 0 aliphatic heterocycles. The molecule has 0 spiro atoms. The molecule has 0 bridgehead atoms. The van der Waals surface area contributed by atoms with Crippen LogP contribution >= 0.6 is 0 Å². The highest BCUT2D eigenvalue weighted by Gasteiger charge is 2.14. The summed E-state index contributed by atoms with van der Waals surface area (Å²) in [5, 5.41) is 3.53. The van der Waals surface area contributed by atoms with Crippen LogP contribution in [0.1, 0.15) is 43.0 Å². The zero-order valence-electron chi connectivity index (χ0n) is 11.9. The molecule has 1 aromatic carbocycles. The summed E-state index contributed by atoms with van der Waals surface area (Å²) < 4.78 is 10.9. The third kappa shape index (κ3) is 3.38. The third-order valence-corrected chi connectivity index (χ3v) is 3.28. The SMILES string of the molecule is COc1cccc([C@H](C)NC(C)c2ccc(C)o2)c1. The molecule has 3 heteroatoms. The van der Waals surface area contributed by atoms with E-state index in [-0.39, 0.29) is 12.1 Å². The van der Waals surface area contributed by atoms with Crippen LogP contribution in [0.5, 0.6) is 5.75 Å². The smallest absolute Gasteiger partial charge is 0.120 e. The van der Waals surface area contributed by atoms with Gasteiger partial charge in [0.05, 0.1) is 13.2 Å². The maximum atomic E-state index is 5.64. The van der Waals surface area contributed by atoms with Crippen molar-refractivity contribution in [2.24, 2.45) is 0 Å². The highest BCUT2D eigenvalue weighted by Crippen LogP contribution is 2.23. The first-order valence-electron chi connectivity index (χ1n) is 6.56. The Hall–Kier alpha value is -1.74. The van der Waals surface area contributed by atoms with Crippen molar-refractivity contribution in [1.82, 2.24) is 5.32 Å². The Labute approximate surface area is 114 Å². The third-order valence-electron chi connectivity index (χ3n) is 3.28. The lowest BCUT2D eigenvalue weighted by Gasteiger charge is -2.19. The van der Waals surface area contributed by atoms with Crippen LogP contribution in [0.3, 0.4) is 0 Å². The number of rotatable bonds is 5. The van der Waals surface area contributed by atoms with Crippen molar-refractivity contribution >= 4 is 0 Å². The van der Waals surface area contributed by atoms with Crippen molar-refractivity contribution in [3.63, 3.8) is 0 Å². The molecule has 1 heterocycles. The molecular formula is C16H21NO2. The first-order chi connectivity index (χ1) is 9.10. The van der Waals surface area contributed by atoms with Crippen molar-refractivity contribution in [2.75, 3.05) is 7.11 Å². The summed E-state index contributed by atoms with van der Waals surface area (Å²) >= 11 is 0. The van der Waals surface area contributed by atoms with E-state index in [1.54, 1.807) is 7.11 Å². The topological polar surface area (TPSA) is 34.4 Å². The fraction of sp³-hybridized carbons (Fsp3) is 0.375. The molecule has 2 aromatic rings. The molecule has 0 radical (unpaired) electrons. The number of nitrogens with one attached hydrogen (secondary N) is 1. The van der Waals surface area contributed by atoms with E-state index in [0.717, 1.165) is 17.3 Å². The van der Waals surface area contributed by atoms with E-state index >= 15 is 0 Å². The maximum Gasteiger partial charge on any atom is 0.120 e. The lowest BCUT2D eigenvalue weighted by Crippen LogP contribution is -2.22. The van der Waals surface area contributed by atoms with Gasteiger partial charge in [-0.1, -0.05) is 12.1 Å². The van der Waals surface area contributed by atoms with E-state index in [1.807, 2.05) is 31.2 Å². The maximum absolute atomic E-state index is 5.64. The standard InChI is InChI=1S/C16H21NO2/c1-11-8-9-16(19-11)13(3)17-12(2)14-6-5-7-15(10-14)18-4/h5-10,12-13,17H,1-4H3/t12-,13?/m0/s1. The molecule has 1 aromatic heterocycles. The van der Waals surface area contributed by atoms with Crippen LogP contribution in [0.25, 0.3) is 0 Å². The minimum Gasteiger partial charge on any atom is -0.497 e. The van der Waals surface area contributed by atoms with Crippen LogP contribution in [0.2, 0.25) is 0 Å². The van der Waals surface area contributed by atoms with Gasteiger partial charge in [-0.15, -0.1) is 0 Å². The first kappa shape index (κ1) is 13.7. The van der Waals surface area contributed by atoms with Crippen molar-refractivity contribution in [3.05, 3.63) is 53.5 Å². The zero-order chi connectivity index (χ0) is 13.8. The zero-order valence-corrected chi connectivity index (χ0v) is 11.9. The van der Waals surface area contributed by atoms with E-state index in [2.05, 4.69) is 31.3 Å². The lowest BCUT2D eigenvalue weighted by atomic mass is 10.1. The molecule has 2 atom stereocenters. The van der Waals surface area contributed by atoms with Crippen LogP contribution < -0.4 is 10.1 Å². The van der Waals surface area contributed by atoms with Gasteiger partial charge in [-0.3, -0.25) is 0 Å². The molecule has 0 saturated heterocycles. The first-order valence-corrected chi connectivity index (χ1v) is 6.56. The van der Waals surface area contributed by atoms with Crippen LogP contribution in [-0.2, 0) is 0 Å².